The topological polar surface area (TPSA) is 83.5 Å². The van der Waals surface area contributed by atoms with Crippen molar-refractivity contribution in [3.8, 4) is 0 Å². The lowest BCUT2D eigenvalue weighted by Crippen LogP contribution is -2.60. The minimum atomic E-state index is -1.55. The predicted octanol–water partition coefficient (Wildman–Crippen LogP) is 1.53. The highest BCUT2D eigenvalue weighted by atomic mass is 16.8. The molecule has 0 saturated carbocycles. The number of aliphatic hydroxyl groups is 1. The first-order valence-corrected chi connectivity index (χ1v) is 8.13. The first-order chi connectivity index (χ1) is 11.0. The molecular formula is C17H28O7. The summed E-state index contributed by atoms with van der Waals surface area (Å²) >= 11 is 0. The number of carbonyl (C=O) groups is 1. The van der Waals surface area contributed by atoms with Crippen LogP contribution in [0.2, 0.25) is 0 Å². The highest BCUT2D eigenvalue weighted by Gasteiger charge is 2.56. The fourth-order valence-electron chi connectivity index (χ4n) is 3.14. The number of carbonyl (C=O) groups excluding carboxylic acids is 1. The van der Waals surface area contributed by atoms with E-state index in [1.54, 1.807) is 33.8 Å². The Morgan fingerprint density at radius 3 is 2.29 bits per heavy atom. The van der Waals surface area contributed by atoms with Gasteiger partial charge in [-0.15, -0.1) is 6.58 Å². The molecule has 0 aromatic heterocycles. The molecule has 2 heterocycles. The highest BCUT2D eigenvalue weighted by Crippen LogP contribution is 2.38. The number of hydrogen-bond acceptors (Lipinski definition) is 7. The molecule has 0 aliphatic carbocycles. The Kier molecular flexibility index (Phi) is 5.42. The van der Waals surface area contributed by atoms with E-state index in [9.17, 15) is 9.90 Å². The van der Waals surface area contributed by atoms with Gasteiger partial charge in [0.05, 0.1) is 13.2 Å². The van der Waals surface area contributed by atoms with E-state index in [2.05, 4.69) is 6.58 Å². The van der Waals surface area contributed by atoms with Gasteiger partial charge in [-0.3, -0.25) is 4.79 Å². The standard InChI is InChI=1S/C17H28O7/c1-7-8-17(19,13-10-21-16(5,6)24-13)14(22-11(2)18)12-9-20-15(3,4)23-12/h7,12-14,19H,1,8-10H2,2-6H3/t12-,13-,14-,17-/m1/s1. The monoisotopic (exact) mass is 344 g/mol. The van der Waals surface area contributed by atoms with Crippen LogP contribution in [0.3, 0.4) is 0 Å². The van der Waals surface area contributed by atoms with E-state index < -0.39 is 41.5 Å². The van der Waals surface area contributed by atoms with E-state index in [-0.39, 0.29) is 19.6 Å². The Morgan fingerprint density at radius 1 is 1.29 bits per heavy atom. The lowest BCUT2D eigenvalue weighted by molar-refractivity contribution is -0.228. The Bertz CT molecular complexity index is 487. The van der Waals surface area contributed by atoms with Gasteiger partial charge in [0.2, 0.25) is 0 Å². The molecule has 2 saturated heterocycles. The second-order valence-corrected chi connectivity index (χ2v) is 7.20. The summed E-state index contributed by atoms with van der Waals surface area (Å²) in [6.07, 6.45) is -0.581. The smallest absolute Gasteiger partial charge is 0.303 e. The number of hydrogen-bond donors (Lipinski definition) is 1. The molecule has 1 N–H and O–H groups in total. The van der Waals surface area contributed by atoms with Crippen molar-refractivity contribution in [2.24, 2.45) is 0 Å². The van der Waals surface area contributed by atoms with Crippen molar-refractivity contribution < 1.29 is 33.6 Å². The van der Waals surface area contributed by atoms with Crippen LogP contribution in [0.5, 0.6) is 0 Å². The molecule has 2 aliphatic heterocycles. The fourth-order valence-corrected chi connectivity index (χ4v) is 3.14. The molecule has 0 spiro atoms. The molecule has 2 aliphatic rings. The number of ether oxygens (including phenoxy) is 5. The predicted molar refractivity (Wildman–Crippen MR) is 85.1 cm³/mol. The van der Waals surface area contributed by atoms with Gasteiger partial charge in [0.15, 0.2) is 17.7 Å². The van der Waals surface area contributed by atoms with Crippen LogP contribution in [0, 0.1) is 0 Å². The van der Waals surface area contributed by atoms with Gasteiger partial charge in [0.1, 0.15) is 17.8 Å². The first-order valence-electron chi connectivity index (χ1n) is 8.13. The molecule has 7 nitrogen and oxygen atoms in total. The second kappa shape index (κ2) is 6.72. The molecule has 0 aromatic rings. The van der Waals surface area contributed by atoms with Crippen molar-refractivity contribution in [3.05, 3.63) is 12.7 Å². The molecule has 0 amide bonds. The molecule has 138 valence electrons. The third kappa shape index (κ3) is 4.15. The Labute approximate surface area is 142 Å². The zero-order valence-corrected chi connectivity index (χ0v) is 15.0. The quantitative estimate of drug-likeness (QED) is 0.578. The van der Waals surface area contributed by atoms with Crippen molar-refractivity contribution in [1.82, 2.24) is 0 Å². The van der Waals surface area contributed by atoms with Crippen LogP contribution >= 0.6 is 0 Å². The zero-order valence-electron chi connectivity index (χ0n) is 15.0. The summed E-state index contributed by atoms with van der Waals surface area (Å²) in [5.74, 6) is -2.16. The van der Waals surface area contributed by atoms with Gasteiger partial charge in [0, 0.05) is 13.3 Å². The maximum absolute atomic E-state index is 11.6. The Morgan fingerprint density at radius 2 is 1.88 bits per heavy atom. The summed E-state index contributed by atoms with van der Waals surface area (Å²) in [5.41, 5.74) is -1.55. The summed E-state index contributed by atoms with van der Waals surface area (Å²) < 4.78 is 28.3. The SMILES string of the molecule is C=CC[C@](O)([C@H](OC(C)=O)[C@H]1COC(C)(C)O1)[C@H]1COC(C)(C)O1. The Balaban J connectivity index is 2.31. The van der Waals surface area contributed by atoms with Gasteiger partial charge in [0.25, 0.3) is 0 Å². The van der Waals surface area contributed by atoms with E-state index in [1.165, 1.54) is 6.92 Å². The van der Waals surface area contributed by atoms with Crippen LogP contribution in [0.1, 0.15) is 41.0 Å². The summed E-state index contributed by atoms with van der Waals surface area (Å²) in [5, 5.41) is 11.4. The highest BCUT2D eigenvalue weighted by molar-refractivity contribution is 5.66. The maximum Gasteiger partial charge on any atom is 0.303 e. The molecule has 7 heteroatoms. The van der Waals surface area contributed by atoms with Crippen LogP contribution in [-0.2, 0) is 28.5 Å². The minimum Gasteiger partial charge on any atom is -0.456 e. The normalized spacial score (nSPS) is 32.1. The van der Waals surface area contributed by atoms with Crippen LogP contribution < -0.4 is 0 Å². The van der Waals surface area contributed by atoms with E-state index in [0.29, 0.717) is 0 Å². The number of rotatable bonds is 6. The largest absolute Gasteiger partial charge is 0.456 e. The second-order valence-electron chi connectivity index (χ2n) is 7.20. The lowest BCUT2D eigenvalue weighted by Gasteiger charge is -2.40. The summed E-state index contributed by atoms with van der Waals surface area (Å²) in [4.78, 5) is 11.6. The van der Waals surface area contributed by atoms with E-state index in [4.69, 9.17) is 23.7 Å². The Hall–Kier alpha value is -0.990. The van der Waals surface area contributed by atoms with Crippen molar-refractivity contribution >= 4 is 5.97 Å². The van der Waals surface area contributed by atoms with Crippen LogP contribution in [-0.4, -0.2) is 59.8 Å². The van der Waals surface area contributed by atoms with E-state index in [0.717, 1.165) is 0 Å². The number of esters is 1. The average molecular weight is 344 g/mol. The fraction of sp³-hybridized carbons (Fsp3) is 0.824. The molecule has 24 heavy (non-hydrogen) atoms. The molecule has 0 unspecified atom stereocenters. The molecule has 2 fully saturated rings. The first kappa shape index (κ1) is 19.3. The van der Waals surface area contributed by atoms with Crippen molar-refractivity contribution in [3.63, 3.8) is 0 Å². The summed E-state index contributed by atoms with van der Waals surface area (Å²) in [7, 11) is 0. The third-order valence-corrected chi connectivity index (χ3v) is 4.19. The zero-order chi connectivity index (χ0) is 18.2. The van der Waals surface area contributed by atoms with Crippen LogP contribution in [0.25, 0.3) is 0 Å². The van der Waals surface area contributed by atoms with Crippen molar-refractivity contribution in [1.29, 1.82) is 0 Å². The summed E-state index contributed by atoms with van der Waals surface area (Å²) in [6, 6.07) is 0. The average Bonchev–Trinajstić information content (AvgIpc) is 2.98. The minimum absolute atomic E-state index is 0.148. The molecule has 4 atom stereocenters. The van der Waals surface area contributed by atoms with Crippen LogP contribution in [0.4, 0.5) is 0 Å². The van der Waals surface area contributed by atoms with E-state index >= 15 is 0 Å². The molecule has 0 bridgehead atoms. The van der Waals surface area contributed by atoms with Crippen molar-refractivity contribution in [2.75, 3.05) is 13.2 Å². The lowest BCUT2D eigenvalue weighted by atomic mass is 9.84. The van der Waals surface area contributed by atoms with Gasteiger partial charge in [-0.2, -0.15) is 0 Å². The molecule has 2 rings (SSSR count). The maximum atomic E-state index is 11.6. The third-order valence-electron chi connectivity index (χ3n) is 4.19. The van der Waals surface area contributed by atoms with Gasteiger partial charge in [-0.05, 0) is 27.7 Å². The molecule has 0 radical (unpaired) electrons. The van der Waals surface area contributed by atoms with Gasteiger partial charge in [-0.1, -0.05) is 6.08 Å². The summed E-state index contributed by atoms with van der Waals surface area (Å²) in [6.45, 7) is 12.4. The van der Waals surface area contributed by atoms with Gasteiger partial charge in [-0.25, -0.2) is 0 Å². The van der Waals surface area contributed by atoms with Crippen molar-refractivity contribution in [2.45, 2.75) is 76.5 Å². The van der Waals surface area contributed by atoms with E-state index in [1.807, 2.05) is 0 Å². The van der Waals surface area contributed by atoms with Crippen LogP contribution in [0.15, 0.2) is 12.7 Å². The van der Waals surface area contributed by atoms with Gasteiger partial charge < -0.3 is 28.8 Å². The van der Waals surface area contributed by atoms with Gasteiger partial charge >= 0.3 is 5.97 Å². The molecular weight excluding hydrogens is 316 g/mol. The molecule has 0 aromatic carbocycles.